The fourth-order valence-electron chi connectivity index (χ4n) is 1.32. The molecule has 0 atom stereocenters. The maximum atomic E-state index is 5.49. The second kappa shape index (κ2) is 5.91. The number of furan rings is 1. The number of hydrogen-bond acceptors (Lipinski definition) is 2. The Kier molecular flexibility index (Phi) is 4.74. The van der Waals surface area contributed by atoms with Gasteiger partial charge in [-0.25, -0.2) is 0 Å². The minimum absolute atomic E-state index is 0.616. The lowest BCUT2D eigenvalue weighted by atomic mass is 10.3. The van der Waals surface area contributed by atoms with E-state index in [1.54, 1.807) is 0 Å². The lowest BCUT2D eigenvalue weighted by Crippen LogP contribution is -1.99. The highest BCUT2D eigenvalue weighted by Gasteiger charge is 2.08. The zero-order chi connectivity index (χ0) is 12.4. The summed E-state index contributed by atoms with van der Waals surface area (Å²) in [5.74, 6) is 0.853. The number of para-hydroxylation sites is 1. The highest BCUT2D eigenvalue weighted by Crippen LogP contribution is 2.32. The third kappa shape index (κ3) is 3.36. The molecule has 0 saturated carbocycles. The van der Waals surface area contributed by atoms with Crippen LogP contribution in [0.3, 0.4) is 0 Å². The van der Waals surface area contributed by atoms with Gasteiger partial charge in [0.1, 0.15) is 5.76 Å². The maximum absolute atomic E-state index is 5.49. The van der Waals surface area contributed by atoms with Gasteiger partial charge < -0.3 is 9.73 Å². The largest absolute Gasteiger partial charge is 0.451 e. The molecule has 17 heavy (non-hydrogen) atoms. The van der Waals surface area contributed by atoms with Crippen LogP contribution in [0.15, 0.2) is 46.8 Å². The first-order valence-electron chi connectivity index (χ1n) is 4.69. The van der Waals surface area contributed by atoms with Gasteiger partial charge in [0, 0.05) is 8.95 Å². The summed E-state index contributed by atoms with van der Waals surface area (Å²) in [5.41, 5.74) is 1.01. The van der Waals surface area contributed by atoms with E-state index < -0.39 is 0 Å². The molecule has 0 aliphatic heterocycles. The van der Waals surface area contributed by atoms with E-state index in [0.29, 0.717) is 11.2 Å². The minimum atomic E-state index is 0.616. The minimum Gasteiger partial charge on any atom is -0.451 e. The fraction of sp³-hybridized carbons (Fsp3) is 0.0909. The van der Waals surface area contributed by atoms with Crippen LogP contribution in [-0.2, 0) is 6.54 Å². The molecule has 0 saturated heterocycles. The molecule has 2 aromatic rings. The number of rotatable bonds is 3. The molecule has 6 heteroatoms. The fourth-order valence-corrected chi connectivity index (χ4v) is 3.26. The summed E-state index contributed by atoms with van der Waals surface area (Å²) in [4.78, 5) is 0. The van der Waals surface area contributed by atoms with Crippen LogP contribution in [0.2, 0.25) is 0 Å². The van der Waals surface area contributed by atoms with Crippen molar-refractivity contribution in [1.29, 1.82) is 0 Å². The number of anilines is 1. The standard InChI is InChI=1S/C11H7Br4NO/c12-7-2-1-3-8(13)10(7)16-5-6-4-9(14)11(15)17-6/h1-4,16H,5H2. The number of hydrogen-bond donors (Lipinski definition) is 1. The van der Waals surface area contributed by atoms with Gasteiger partial charge in [-0.2, -0.15) is 0 Å². The van der Waals surface area contributed by atoms with E-state index in [2.05, 4.69) is 69.0 Å². The molecule has 1 aromatic carbocycles. The van der Waals surface area contributed by atoms with Gasteiger partial charge >= 0.3 is 0 Å². The lowest BCUT2D eigenvalue weighted by Gasteiger charge is -2.08. The van der Waals surface area contributed by atoms with Crippen LogP contribution in [0.1, 0.15) is 5.76 Å². The summed E-state index contributed by atoms with van der Waals surface area (Å²) in [6.45, 7) is 0.616. The summed E-state index contributed by atoms with van der Waals surface area (Å²) in [6.07, 6.45) is 0. The van der Waals surface area contributed by atoms with Gasteiger partial charge in [0.2, 0.25) is 0 Å². The molecular formula is C11H7Br4NO. The highest BCUT2D eigenvalue weighted by atomic mass is 79.9. The van der Waals surface area contributed by atoms with E-state index in [-0.39, 0.29) is 0 Å². The molecule has 1 heterocycles. The zero-order valence-corrected chi connectivity index (χ0v) is 14.8. The second-order valence-electron chi connectivity index (χ2n) is 3.28. The summed E-state index contributed by atoms with van der Waals surface area (Å²) >= 11 is 13.7. The van der Waals surface area contributed by atoms with Crippen molar-refractivity contribution in [3.05, 3.63) is 48.1 Å². The van der Waals surface area contributed by atoms with Crippen LogP contribution in [0, 0.1) is 0 Å². The normalized spacial score (nSPS) is 10.6. The Hall–Kier alpha value is 0.220. The Balaban J connectivity index is 2.12. The van der Waals surface area contributed by atoms with E-state index in [9.17, 15) is 0 Å². The third-order valence-electron chi connectivity index (χ3n) is 2.10. The third-order valence-corrected chi connectivity index (χ3v) is 5.13. The average Bonchev–Trinajstić information content (AvgIpc) is 2.58. The molecule has 0 fully saturated rings. The van der Waals surface area contributed by atoms with E-state index in [0.717, 1.165) is 24.9 Å². The predicted octanol–water partition coefficient (Wildman–Crippen LogP) is 5.94. The van der Waals surface area contributed by atoms with E-state index >= 15 is 0 Å². The van der Waals surface area contributed by atoms with Crippen LogP contribution < -0.4 is 5.32 Å². The number of nitrogens with one attached hydrogen (secondary N) is 1. The monoisotopic (exact) mass is 485 g/mol. The Morgan fingerprint density at radius 2 is 1.65 bits per heavy atom. The van der Waals surface area contributed by atoms with Gasteiger partial charge in [0.05, 0.1) is 16.7 Å². The van der Waals surface area contributed by atoms with Crippen LogP contribution >= 0.6 is 63.7 Å². The van der Waals surface area contributed by atoms with Crippen LogP contribution in [0.25, 0.3) is 0 Å². The van der Waals surface area contributed by atoms with Crippen molar-refractivity contribution in [2.24, 2.45) is 0 Å². The molecule has 1 N–H and O–H groups in total. The Morgan fingerprint density at radius 3 is 2.18 bits per heavy atom. The van der Waals surface area contributed by atoms with Gasteiger partial charge in [-0.05, 0) is 81.9 Å². The molecule has 0 unspecified atom stereocenters. The van der Waals surface area contributed by atoms with E-state index in [4.69, 9.17) is 4.42 Å². The molecule has 0 aliphatic carbocycles. The first-order valence-corrected chi connectivity index (χ1v) is 7.86. The Morgan fingerprint density at radius 1 is 1.00 bits per heavy atom. The summed E-state index contributed by atoms with van der Waals surface area (Å²) in [5, 5.41) is 3.31. The lowest BCUT2D eigenvalue weighted by molar-refractivity contribution is 0.494. The quantitative estimate of drug-likeness (QED) is 0.578. The predicted molar refractivity (Wildman–Crippen MR) is 83.3 cm³/mol. The van der Waals surface area contributed by atoms with Gasteiger partial charge in [-0.1, -0.05) is 6.07 Å². The molecule has 0 radical (unpaired) electrons. The van der Waals surface area contributed by atoms with Crippen LogP contribution in [0.5, 0.6) is 0 Å². The Labute approximate surface area is 133 Å². The smallest absolute Gasteiger partial charge is 0.183 e. The van der Waals surface area contributed by atoms with Crippen molar-refractivity contribution in [3.8, 4) is 0 Å². The number of halogens is 4. The first-order chi connectivity index (χ1) is 8.08. The summed E-state index contributed by atoms with van der Waals surface area (Å²) < 4.78 is 9.14. The molecule has 0 bridgehead atoms. The second-order valence-corrected chi connectivity index (χ2v) is 6.57. The SMILES string of the molecule is Brc1cc(CNc2c(Br)cccc2Br)oc1Br. The maximum Gasteiger partial charge on any atom is 0.183 e. The first kappa shape index (κ1) is 13.6. The highest BCUT2D eigenvalue weighted by molar-refractivity contribution is 9.13. The van der Waals surface area contributed by atoms with E-state index in [1.807, 2.05) is 24.3 Å². The van der Waals surface area contributed by atoms with Crippen molar-refractivity contribution in [2.45, 2.75) is 6.54 Å². The molecular weight excluding hydrogens is 482 g/mol. The molecule has 0 spiro atoms. The van der Waals surface area contributed by atoms with Crippen molar-refractivity contribution in [3.63, 3.8) is 0 Å². The van der Waals surface area contributed by atoms with Gasteiger partial charge in [0.15, 0.2) is 4.67 Å². The zero-order valence-electron chi connectivity index (χ0n) is 8.44. The van der Waals surface area contributed by atoms with Crippen molar-refractivity contribution in [2.75, 3.05) is 5.32 Å². The topological polar surface area (TPSA) is 25.2 Å². The molecule has 2 nitrogen and oxygen atoms in total. The van der Waals surface area contributed by atoms with Crippen LogP contribution in [0.4, 0.5) is 5.69 Å². The van der Waals surface area contributed by atoms with E-state index in [1.165, 1.54) is 0 Å². The van der Waals surface area contributed by atoms with Crippen molar-refractivity contribution < 1.29 is 4.42 Å². The van der Waals surface area contributed by atoms with Crippen molar-refractivity contribution in [1.82, 2.24) is 0 Å². The van der Waals surface area contributed by atoms with Gasteiger partial charge in [-0.3, -0.25) is 0 Å². The molecule has 0 amide bonds. The van der Waals surface area contributed by atoms with Gasteiger partial charge in [0.25, 0.3) is 0 Å². The van der Waals surface area contributed by atoms with Crippen LogP contribution in [-0.4, -0.2) is 0 Å². The summed E-state index contributed by atoms with van der Waals surface area (Å²) in [7, 11) is 0. The van der Waals surface area contributed by atoms with Gasteiger partial charge in [-0.15, -0.1) is 0 Å². The molecule has 90 valence electrons. The molecule has 2 rings (SSSR count). The van der Waals surface area contributed by atoms with Crippen molar-refractivity contribution >= 4 is 69.4 Å². The summed E-state index contributed by atoms with van der Waals surface area (Å²) in [6, 6.07) is 7.88. The molecule has 1 aromatic heterocycles. The molecule has 0 aliphatic rings. The number of benzene rings is 1. The Bertz CT molecular complexity index is 499. The average molecular weight is 489 g/mol.